The van der Waals surface area contributed by atoms with Gasteiger partial charge in [-0.05, 0) is 25.1 Å². The molecule has 0 aliphatic carbocycles. The fourth-order valence-electron chi connectivity index (χ4n) is 2.25. The Bertz CT molecular complexity index is 505. The third-order valence-corrected chi connectivity index (χ3v) is 3.26. The molecule has 1 unspecified atom stereocenters. The summed E-state index contributed by atoms with van der Waals surface area (Å²) < 4.78 is 37.9. The summed E-state index contributed by atoms with van der Waals surface area (Å²) in [6.45, 7) is 4.17. The van der Waals surface area contributed by atoms with E-state index in [0.717, 1.165) is 25.2 Å². The van der Waals surface area contributed by atoms with Gasteiger partial charge in [-0.15, -0.1) is 0 Å². The van der Waals surface area contributed by atoms with E-state index in [0.29, 0.717) is 12.2 Å². The van der Waals surface area contributed by atoms with Crippen LogP contribution in [0.1, 0.15) is 18.1 Å². The molecule has 1 N–H and O–H groups in total. The van der Waals surface area contributed by atoms with E-state index in [4.69, 9.17) is 5.26 Å². The molecular formula is C13H14F3N3. The third kappa shape index (κ3) is 2.82. The molecule has 1 aliphatic heterocycles. The standard InChI is InChI=1S/C13H14F3N3/c1-9-8-18-4-5-19(9)12-3-2-11(13(14,15)16)6-10(12)7-17/h2-3,6,9,18H,4-5,8H2,1H3. The number of nitriles is 1. The van der Waals surface area contributed by atoms with Crippen LogP contribution in [0.15, 0.2) is 18.2 Å². The maximum Gasteiger partial charge on any atom is 0.416 e. The number of anilines is 1. The number of benzene rings is 1. The van der Waals surface area contributed by atoms with Gasteiger partial charge in [0.2, 0.25) is 0 Å². The largest absolute Gasteiger partial charge is 0.416 e. The van der Waals surface area contributed by atoms with Gasteiger partial charge in [0.25, 0.3) is 0 Å². The van der Waals surface area contributed by atoms with Crippen LogP contribution in [0.4, 0.5) is 18.9 Å². The number of nitrogens with zero attached hydrogens (tertiary/aromatic N) is 2. The molecule has 1 aliphatic rings. The number of rotatable bonds is 1. The van der Waals surface area contributed by atoms with Gasteiger partial charge in [-0.2, -0.15) is 18.4 Å². The Morgan fingerprint density at radius 1 is 1.42 bits per heavy atom. The average molecular weight is 269 g/mol. The SMILES string of the molecule is CC1CNCCN1c1ccc(C(F)(F)F)cc1C#N. The predicted molar refractivity (Wildman–Crippen MR) is 65.8 cm³/mol. The van der Waals surface area contributed by atoms with Gasteiger partial charge >= 0.3 is 6.18 Å². The van der Waals surface area contributed by atoms with Crippen molar-refractivity contribution in [2.75, 3.05) is 24.5 Å². The normalized spacial score (nSPS) is 20.2. The molecule has 2 rings (SSSR count). The van der Waals surface area contributed by atoms with Crippen LogP contribution in [0.3, 0.4) is 0 Å². The van der Waals surface area contributed by atoms with Crippen LogP contribution in [0, 0.1) is 11.3 Å². The highest BCUT2D eigenvalue weighted by Gasteiger charge is 2.32. The second-order valence-corrected chi connectivity index (χ2v) is 4.59. The van der Waals surface area contributed by atoms with Crippen molar-refractivity contribution in [3.8, 4) is 6.07 Å². The summed E-state index contributed by atoms with van der Waals surface area (Å²) >= 11 is 0. The number of hydrogen-bond donors (Lipinski definition) is 1. The summed E-state index contributed by atoms with van der Waals surface area (Å²) in [5, 5.41) is 12.3. The first kappa shape index (κ1) is 13.7. The molecule has 19 heavy (non-hydrogen) atoms. The molecule has 6 heteroatoms. The minimum atomic E-state index is -4.42. The highest BCUT2D eigenvalue weighted by molar-refractivity contribution is 5.61. The second kappa shape index (κ2) is 5.10. The molecule has 1 aromatic rings. The van der Waals surface area contributed by atoms with E-state index >= 15 is 0 Å². The Labute approximate surface area is 109 Å². The Hall–Kier alpha value is -1.74. The average Bonchev–Trinajstić information content (AvgIpc) is 2.37. The first-order valence-electron chi connectivity index (χ1n) is 6.02. The van der Waals surface area contributed by atoms with Crippen LogP contribution >= 0.6 is 0 Å². The van der Waals surface area contributed by atoms with Crippen molar-refractivity contribution in [2.24, 2.45) is 0 Å². The highest BCUT2D eigenvalue weighted by Crippen LogP contribution is 2.33. The molecule has 0 radical (unpaired) electrons. The first-order chi connectivity index (χ1) is 8.93. The number of halogens is 3. The first-order valence-corrected chi connectivity index (χ1v) is 6.02. The van der Waals surface area contributed by atoms with E-state index in [2.05, 4.69) is 5.32 Å². The van der Waals surface area contributed by atoms with Crippen molar-refractivity contribution in [2.45, 2.75) is 19.1 Å². The fraction of sp³-hybridized carbons (Fsp3) is 0.462. The monoisotopic (exact) mass is 269 g/mol. The van der Waals surface area contributed by atoms with Crippen LogP contribution in [0.25, 0.3) is 0 Å². The molecule has 102 valence electrons. The van der Waals surface area contributed by atoms with Gasteiger partial charge in [-0.1, -0.05) is 0 Å². The molecule has 0 amide bonds. The Balaban J connectivity index is 2.39. The van der Waals surface area contributed by atoms with Crippen LogP contribution in [-0.4, -0.2) is 25.7 Å². The third-order valence-electron chi connectivity index (χ3n) is 3.26. The van der Waals surface area contributed by atoms with Gasteiger partial charge in [0, 0.05) is 25.7 Å². The molecule has 0 aromatic heterocycles. The van der Waals surface area contributed by atoms with Crippen molar-refractivity contribution >= 4 is 5.69 Å². The summed E-state index contributed by atoms with van der Waals surface area (Å²) in [4.78, 5) is 1.97. The number of hydrogen-bond acceptors (Lipinski definition) is 3. The lowest BCUT2D eigenvalue weighted by Crippen LogP contribution is -2.50. The van der Waals surface area contributed by atoms with E-state index in [1.165, 1.54) is 6.07 Å². The minimum absolute atomic E-state index is 0.0728. The number of nitrogens with one attached hydrogen (secondary N) is 1. The lowest BCUT2D eigenvalue weighted by atomic mass is 10.1. The molecule has 0 spiro atoms. The smallest absolute Gasteiger partial charge is 0.365 e. The molecule has 1 fully saturated rings. The molecule has 3 nitrogen and oxygen atoms in total. The van der Waals surface area contributed by atoms with Gasteiger partial charge in [-0.25, -0.2) is 0 Å². The predicted octanol–water partition coefficient (Wildman–Crippen LogP) is 2.38. The lowest BCUT2D eigenvalue weighted by Gasteiger charge is -2.36. The zero-order valence-corrected chi connectivity index (χ0v) is 10.5. The quantitative estimate of drug-likeness (QED) is 0.850. The van der Waals surface area contributed by atoms with Crippen molar-refractivity contribution < 1.29 is 13.2 Å². The van der Waals surface area contributed by atoms with Crippen LogP contribution in [0.2, 0.25) is 0 Å². The van der Waals surface area contributed by atoms with E-state index in [9.17, 15) is 13.2 Å². The van der Waals surface area contributed by atoms with Crippen molar-refractivity contribution in [3.05, 3.63) is 29.3 Å². The molecular weight excluding hydrogens is 255 g/mol. The molecule has 1 saturated heterocycles. The Kier molecular flexibility index (Phi) is 3.67. The Morgan fingerprint density at radius 2 is 2.16 bits per heavy atom. The molecule has 1 heterocycles. The lowest BCUT2D eigenvalue weighted by molar-refractivity contribution is -0.137. The van der Waals surface area contributed by atoms with Crippen molar-refractivity contribution in [1.29, 1.82) is 5.26 Å². The van der Waals surface area contributed by atoms with Gasteiger partial charge in [0.15, 0.2) is 0 Å². The summed E-state index contributed by atoms with van der Waals surface area (Å²) in [6.07, 6.45) is -4.42. The van der Waals surface area contributed by atoms with Gasteiger partial charge in [0.05, 0.1) is 16.8 Å². The zero-order valence-electron chi connectivity index (χ0n) is 10.5. The summed E-state index contributed by atoms with van der Waals surface area (Å²) in [5.41, 5.74) is -0.135. The van der Waals surface area contributed by atoms with Gasteiger partial charge in [-0.3, -0.25) is 0 Å². The summed E-state index contributed by atoms with van der Waals surface area (Å²) in [6, 6.07) is 5.36. The van der Waals surface area contributed by atoms with Gasteiger partial charge in [0.1, 0.15) is 6.07 Å². The minimum Gasteiger partial charge on any atom is -0.365 e. The van der Waals surface area contributed by atoms with E-state index in [1.807, 2.05) is 17.9 Å². The zero-order chi connectivity index (χ0) is 14.0. The molecule has 0 saturated carbocycles. The maximum absolute atomic E-state index is 12.6. The second-order valence-electron chi connectivity index (χ2n) is 4.59. The van der Waals surface area contributed by atoms with Crippen LogP contribution < -0.4 is 10.2 Å². The molecule has 1 aromatic carbocycles. The van der Waals surface area contributed by atoms with Crippen LogP contribution in [0.5, 0.6) is 0 Å². The summed E-state index contributed by atoms with van der Waals surface area (Å²) in [5.74, 6) is 0. The molecule has 0 bridgehead atoms. The van der Waals surface area contributed by atoms with Gasteiger partial charge < -0.3 is 10.2 Å². The summed E-state index contributed by atoms with van der Waals surface area (Å²) in [7, 11) is 0. The Morgan fingerprint density at radius 3 is 2.74 bits per heavy atom. The fourth-order valence-corrected chi connectivity index (χ4v) is 2.25. The van der Waals surface area contributed by atoms with Crippen molar-refractivity contribution in [3.63, 3.8) is 0 Å². The van der Waals surface area contributed by atoms with E-state index < -0.39 is 11.7 Å². The molecule has 1 atom stereocenters. The van der Waals surface area contributed by atoms with E-state index in [1.54, 1.807) is 0 Å². The number of piperazine rings is 1. The maximum atomic E-state index is 12.6. The highest BCUT2D eigenvalue weighted by atomic mass is 19.4. The van der Waals surface area contributed by atoms with Crippen LogP contribution in [-0.2, 0) is 6.18 Å². The topological polar surface area (TPSA) is 39.1 Å². The number of alkyl halides is 3. The van der Waals surface area contributed by atoms with Crippen molar-refractivity contribution in [1.82, 2.24) is 5.32 Å². The van der Waals surface area contributed by atoms with E-state index in [-0.39, 0.29) is 11.6 Å².